The Morgan fingerprint density at radius 1 is 1.10 bits per heavy atom. The van der Waals surface area contributed by atoms with E-state index in [-0.39, 0.29) is 18.0 Å². The molecule has 2 rings (SSSR count). The van der Waals surface area contributed by atoms with Gasteiger partial charge in [0.05, 0.1) is 12.0 Å². The largest absolute Gasteiger partial charge is 0.453 e. The van der Waals surface area contributed by atoms with Crippen LogP contribution in [0.4, 0.5) is 0 Å². The fourth-order valence-corrected chi connectivity index (χ4v) is 11.2. The van der Waals surface area contributed by atoms with Crippen LogP contribution in [-0.2, 0) is 23.5 Å². The molecule has 1 aliphatic heterocycles. The Kier molecular flexibility index (Phi) is 7.67. The minimum Gasteiger partial charge on any atom is -0.453 e. The zero-order chi connectivity index (χ0) is 23.0. The van der Waals surface area contributed by atoms with E-state index in [0.29, 0.717) is 40.6 Å². The summed E-state index contributed by atoms with van der Waals surface area (Å²) in [6.45, 7) is 20.6. The number of carbonyl (C=O) groups excluding carboxylic acids is 3. The molecular formula is C24H38O5Si. The Hall–Kier alpha value is -1.53. The fourth-order valence-electron chi connectivity index (χ4n) is 5.65. The van der Waals surface area contributed by atoms with Crippen molar-refractivity contribution < 1.29 is 23.5 Å². The van der Waals surface area contributed by atoms with Crippen LogP contribution in [0.3, 0.4) is 0 Å². The molecule has 3 atom stereocenters. The second kappa shape index (κ2) is 9.31. The molecule has 1 saturated heterocycles. The van der Waals surface area contributed by atoms with E-state index >= 15 is 0 Å². The maximum atomic E-state index is 12.6. The Morgan fingerprint density at radius 2 is 1.63 bits per heavy atom. The third-order valence-corrected chi connectivity index (χ3v) is 13.1. The van der Waals surface area contributed by atoms with Crippen molar-refractivity contribution in [2.24, 2.45) is 5.92 Å². The molecule has 5 nitrogen and oxygen atoms in total. The summed E-state index contributed by atoms with van der Waals surface area (Å²) in [5, 5.41) is 0. The highest BCUT2D eigenvalue weighted by Crippen LogP contribution is 2.47. The lowest BCUT2D eigenvalue weighted by molar-refractivity contribution is -0.138. The van der Waals surface area contributed by atoms with E-state index in [1.54, 1.807) is 6.92 Å². The molecule has 0 aromatic rings. The maximum Gasteiger partial charge on any atom is 0.334 e. The minimum atomic E-state index is -2.34. The van der Waals surface area contributed by atoms with Crippen LogP contribution in [0, 0.1) is 5.92 Å². The Balaban J connectivity index is 2.56. The summed E-state index contributed by atoms with van der Waals surface area (Å²) in [5.41, 5.74) is 2.82. The number of Topliss-reactive ketones (excluding diaryl/α,β-unsaturated/α-hetero) is 2. The van der Waals surface area contributed by atoms with E-state index in [9.17, 15) is 14.4 Å². The summed E-state index contributed by atoms with van der Waals surface area (Å²) in [5.74, 6) is -0.996. The highest BCUT2D eigenvalue weighted by atomic mass is 28.4. The number of ether oxygens (including phenoxy) is 1. The number of allylic oxidation sites excluding steroid dienone is 1. The lowest BCUT2D eigenvalue weighted by Gasteiger charge is -2.46. The number of hydrogen-bond donors (Lipinski definition) is 0. The lowest BCUT2D eigenvalue weighted by atomic mass is 9.84. The first-order valence-corrected chi connectivity index (χ1v) is 13.3. The van der Waals surface area contributed by atoms with Gasteiger partial charge in [0.15, 0.2) is 5.78 Å². The van der Waals surface area contributed by atoms with Crippen molar-refractivity contribution in [1.29, 1.82) is 0 Å². The first kappa shape index (κ1) is 24.7. The number of rotatable bonds is 9. The van der Waals surface area contributed by atoms with Gasteiger partial charge >= 0.3 is 5.97 Å². The smallest absolute Gasteiger partial charge is 0.334 e. The van der Waals surface area contributed by atoms with Gasteiger partial charge in [-0.3, -0.25) is 9.59 Å². The van der Waals surface area contributed by atoms with Gasteiger partial charge in [-0.25, -0.2) is 4.79 Å². The molecule has 6 heteroatoms. The Morgan fingerprint density at radius 3 is 2.03 bits per heavy atom. The molecule has 0 amide bonds. The molecule has 1 aliphatic carbocycles. The maximum absolute atomic E-state index is 12.6. The molecule has 0 aromatic carbocycles. The summed E-state index contributed by atoms with van der Waals surface area (Å²) in [6.07, 6.45) is 0.0668. The van der Waals surface area contributed by atoms with E-state index in [1.165, 1.54) is 0 Å². The van der Waals surface area contributed by atoms with Crippen molar-refractivity contribution in [3.05, 3.63) is 23.3 Å². The van der Waals surface area contributed by atoms with Crippen molar-refractivity contribution in [3.63, 3.8) is 0 Å². The van der Waals surface area contributed by atoms with Gasteiger partial charge in [-0.1, -0.05) is 53.7 Å². The Labute approximate surface area is 182 Å². The second-order valence-electron chi connectivity index (χ2n) is 9.87. The van der Waals surface area contributed by atoms with Gasteiger partial charge in [0, 0.05) is 24.0 Å². The molecule has 0 aromatic heterocycles. The van der Waals surface area contributed by atoms with Gasteiger partial charge in [0.25, 0.3) is 0 Å². The van der Waals surface area contributed by atoms with Crippen LogP contribution in [0.15, 0.2) is 23.3 Å². The first-order chi connectivity index (χ1) is 13.8. The number of carbonyl (C=O) groups is 3. The summed E-state index contributed by atoms with van der Waals surface area (Å²) in [6, 6.07) is 0. The molecule has 30 heavy (non-hydrogen) atoms. The van der Waals surface area contributed by atoms with Crippen LogP contribution >= 0.6 is 0 Å². The molecule has 168 valence electrons. The molecule has 1 fully saturated rings. The van der Waals surface area contributed by atoms with E-state index in [1.807, 2.05) is 6.92 Å². The fraction of sp³-hybridized carbons (Fsp3) is 0.708. The molecular weight excluding hydrogens is 396 g/mol. The second-order valence-corrected chi connectivity index (χ2v) is 15.3. The minimum absolute atomic E-state index is 0.00600. The molecule has 2 aliphatic rings. The van der Waals surface area contributed by atoms with Gasteiger partial charge in [-0.05, 0) is 36.9 Å². The third kappa shape index (κ3) is 4.40. The van der Waals surface area contributed by atoms with Crippen LogP contribution in [-0.4, -0.2) is 38.1 Å². The van der Waals surface area contributed by atoms with Crippen LogP contribution in [0.2, 0.25) is 16.6 Å². The van der Waals surface area contributed by atoms with Gasteiger partial charge in [0.2, 0.25) is 8.32 Å². The molecule has 0 N–H and O–H groups in total. The van der Waals surface area contributed by atoms with Crippen molar-refractivity contribution in [2.75, 3.05) is 0 Å². The molecule has 0 radical (unpaired) electrons. The number of hydrogen-bond acceptors (Lipinski definition) is 5. The van der Waals surface area contributed by atoms with E-state index in [2.05, 4.69) is 48.1 Å². The first-order valence-electron chi connectivity index (χ1n) is 11.1. The van der Waals surface area contributed by atoms with Gasteiger partial charge in [-0.15, -0.1) is 0 Å². The SMILES string of the molecule is C=C1C(=O)O[C@H](C2=C(C)CCC2=O)[C@H]1[C@H](CC(C)=O)O[Si](C(C)C)(C(C)C)C(C)C. The van der Waals surface area contributed by atoms with E-state index in [4.69, 9.17) is 9.16 Å². The van der Waals surface area contributed by atoms with E-state index in [0.717, 1.165) is 5.57 Å². The monoisotopic (exact) mass is 434 g/mol. The number of cyclic esters (lactones) is 1. The summed E-state index contributed by atoms with van der Waals surface area (Å²) >= 11 is 0. The lowest BCUT2D eigenvalue weighted by Crippen LogP contribution is -2.52. The quantitative estimate of drug-likeness (QED) is 0.280. The van der Waals surface area contributed by atoms with Gasteiger partial charge in [-0.2, -0.15) is 0 Å². The van der Waals surface area contributed by atoms with Crippen LogP contribution < -0.4 is 0 Å². The highest BCUT2D eigenvalue weighted by Gasteiger charge is 2.53. The van der Waals surface area contributed by atoms with Crippen LogP contribution in [0.25, 0.3) is 0 Å². The van der Waals surface area contributed by atoms with Crippen molar-refractivity contribution >= 4 is 25.9 Å². The zero-order valence-corrected chi connectivity index (χ0v) is 20.8. The number of esters is 1. The third-order valence-electron chi connectivity index (χ3n) is 6.95. The van der Waals surface area contributed by atoms with Crippen molar-refractivity contribution in [3.8, 4) is 0 Å². The van der Waals surface area contributed by atoms with Crippen molar-refractivity contribution in [2.45, 2.75) is 103 Å². The zero-order valence-electron chi connectivity index (χ0n) is 19.8. The molecule has 1 heterocycles. The van der Waals surface area contributed by atoms with Gasteiger partial charge in [0.1, 0.15) is 11.9 Å². The number of ketones is 2. The highest BCUT2D eigenvalue weighted by molar-refractivity contribution is 6.77. The standard InChI is InChI=1S/C24H38O5Si/c1-13(2)30(14(3)4,15(5)6)29-20(12-17(8)25)22-18(9)24(27)28-23(22)21-16(7)10-11-19(21)26/h13-15,20,22-23H,9-12H2,1-8H3/t20-,22+,23+/m0/s1. The van der Waals surface area contributed by atoms with Crippen LogP contribution in [0.5, 0.6) is 0 Å². The summed E-state index contributed by atoms with van der Waals surface area (Å²) in [4.78, 5) is 37.4. The average molecular weight is 435 g/mol. The summed E-state index contributed by atoms with van der Waals surface area (Å²) < 4.78 is 12.7. The van der Waals surface area contributed by atoms with E-state index < -0.39 is 32.4 Å². The Bertz CT molecular complexity index is 740. The summed E-state index contributed by atoms with van der Waals surface area (Å²) in [7, 11) is -2.34. The predicted octanol–water partition coefficient (Wildman–Crippen LogP) is 5.30. The van der Waals surface area contributed by atoms with Gasteiger partial charge < -0.3 is 9.16 Å². The molecule has 0 saturated carbocycles. The molecule has 0 unspecified atom stereocenters. The van der Waals surface area contributed by atoms with Crippen LogP contribution in [0.1, 0.15) is 74.7 Å². The van der Waals surface area contributed by atoms with Crippen molar-refractivity contribution in [1.82, 2.24) is 0 Å². The topological polar surface area (TPSA) is 69.7 Å². The normalized spacial score (nSPS) is 23.9. The average Bonchev–Trinajstić information content (AvgIpc) is 3.09. The molecule has 0 bridgehead atoms. The molecule has 0 spiro atoms. The predicted molar refractivity (Wildman–Crippen MR) is 121 cm³/mol.